The van der Waals surface area contributed by atoms with Crippen molar-refractivity contribution in [2.75, 3.05) is 19.3 Å². The molecule has 0 aromatic heterocycles. The second kappa shape index (κ2) is 8.81. The molecule has 1 rings (SSSR count). The summed E-state index contributed by atoms with van der Waals surface area (Å²) >= 11 is 1.82. The summed E-state index contributed by atoms with van der Waals surface area (Å²) in [5, 5.41) is 6.92. The van der Waals surface area contributed by atoms with Gasteiger partial charge in [0.25, 0.3) is 0 Å². The highest BCUT2D eigenvalue weighted by molar-refractivity contribution is 7.99. The third-order valence-corrected chi connectivity index (χ3v) is 4.31. The molecule has 1 aliphatic carbocycles. The largest absolute Gasteiger partial charge is 0.352 e. The summed E-state index contributed by atoms with van der Waals surface area (Å²) in [7, 11) is 0. The number of nitrogens with one attached hydrogen (secondary N) is 2. The van der Waals surface area contributed by atoms with Crippen LogP contribution in [0.2, 0.25) is 0 Å². The van der Waals surface area contributed by atoms with Crippen LogP contribution in [0.4, 0.5) is 0 Å². The van der Waals surface area contributed by atoms with Gasteiger partial charge in [-0.25, -0.2) is 0 Å². The Labute approximate surface area is 109 Å². The Morgan fingerprint density at radius 1 is 1.29 bits per heavy atom. The summed E-state index contributed by atoms with van der Waals surface area (Å²) < 4.78 is 0. The van der Waals surface area contributed by atoms with Crippen molar-refractivity contribution in [1.82, 2.24) is 10.6 Å². The number of thioether (sulfide) groups is 1. The van der Waals surface area contributed by atoms with Crippen LogP contribution < -0.4 is 10.6 Å². The van der Waals surface area contributed by atoms with E-state index < -0.39 is 0 Å². The number of rotatable bonds is 6. The van der Waals surface area contributed by atoms with Crippen LogP contribution in [0.3, 0.4) is 0 Å². The fraction of sp³-hybridized carbons (Fsp3) is 0.923. The van der Waals surface area contributed by atoms with Gasteiger partial charge in [-0.2, -0.15) is 11.8 Å². The molecule has 100 valence electrons. The molecule has 0 bridgehead atoms. The summed E-state index contributed by atoms with van der Waals surface area (Å²) in [6, 6.07) is 0.421. The third-order valence-electron chi connectivity index (χ3n) is 3.34. The molecule has 3 nitrogen and oxygen atoms in total. The molecule has 0 radical (unpaired) electrons. The minimum Gasteiger partial charge on any atom is -0.352 e. The minimum absolute atomic E-state index is 0.158. The van der Waals surface area contributed by atoms with E-state index in [9.17, 15) is 4.79 Å². The molecule has 17 heavy (non-hydrogen) atoms. The van der Waals surface area contributed by atoms with E-state index in [1.807, 2.05) is 11.8 Å². The first-order valence-corrected chi connectivity index (χ1v) is 8.04. The van der Waals surface area contributed by atoms with Crippen molar-refractivity contribution in [3.05, 3.63) is 0 Å². The van der Waals surface area contributed by atoms with Gasteiger partial charge >= 0.3 is 0 Å². The van der Waals surface area contributed by atoms with Crippen molar-refractivity contribution < 1.29 is 4.79 Å². The Morgan fingerprint density at radius 2 is 1.94 bits per heavy atom. The maximum Gasteiger partial charge on any atom is 0.234 e. The van der Waals surface area contributed by atoms with Crippen molar-refractivity contribution in [2.45, 2.75) is 56.7 Å². The number of carbonyl (C=O) groups is 1. The van der Waals surface area contributed by atoms with Crippen LogP contribution in [-0.2, 0) is 4.79 Å². The molecular weight excluding hydrogens is 232 g/mol. The topological polar surface area (TPSA) is 41.1 Å². The summed E-state index contributed by atoms with van der Waals surface area (Å²) in [4.78, 5) is 11.7. The lowest BCUT2D eigenvalue weighted by atomic mass is 10.1. The van der Waals surface area contributed by atoms with Gasteiger partial charge in [0.2, 0.25) is 5.91 Å². The van der Waals surface area contributed by atoms with Crippen LogP contribution >= 0.6 is 11.8 Å². The highest BCUT2D eigenvalue weighted by Crippen LogP contribution is 2.16. The quantitative estimate of drug-likeness (QED) is 0.717. The average molecular weight is 258 g/mol. The summed E-state index contributed by atoms with van der Waals surface area (Å²) in [6.07, 6.45) is 9.60. The van der Waals surface area contributed by atoms with E-state index in [-0.39, 0.29) is 5.91 Å². The molecule has 0 heterocycles. The van der Waals surface area contributed by atoms with Crippen LogP contribution in [0, 0.1) is 0 Å². The van der Waals surface area contributed by atoms with E-state index in [0.717, 1.165) is 19.4 Å². The number of hydrogen-bond donors (Lipinski definition) is 2. The van der Waals surface area contributed by atoms with Gasteiger partial charge in [0, 0.05) is 17.8 Å². The minimum atomic E-state index is 0.158. The Hall–Kier alpha value is -0.220. The number of hydrogen-bond acceptors (Lipinski definition) is 3. The van der Waals surface area contributed by atoms with E-state index in [1.165, 1.54) is 25.7 Å². The molecule has 1 saturated carbocycles. The van der Waals surface area contributed by atoms with Gasteiger partial charge in [-0.15, -0.1) is 0 Å². The first kappa shape index (κ1) is 14.8. The summed E-state index contributed by atoms with van der Waals surface area (Å²) in [5.74, 6) is 0.158. The molecular formula is C13H26N2OS. The lowest BCUT2D eigenvalue weighted by Gasteiger charge is -2.17. The lowest BCUT2D eigenvalue weighted by molar-refractivity contribution is -0.121. The van der Waals surface area contributed by atoms with Crippen LogP contribution in [0.5, 0.6) is 0 Å². The van der Waals surface area contributed by atoms with Gasteiger partial charge in [0.15, 0.2) is 0 Å². The molecule has 0 aliphatic heterocycles. The van der Waals surface area contributed by atoms with Gasteiger partial charge < -0.3 is 10.6 Å². The second-order valence-corrected chi connectivity index (χ2v) is 6.21. The van der Waals surface area contributed by atoms with E-state index >= 15 is 0 Å². The molecule has 2 N–H and O–H groups in total. The zero-order chi connectivity index (χ0) is 12.5. The standard InChI is InChI=1S/C13H26N2OS/c1-11(17-2)9-14-10-13(16)15-12-7-5-3-4-6-8-12/h11-12,14H,3-10H2,1-2H3,(H,15,16). The maximum absolute atomic E-state index is 11.7. The van der Waals surface area contributed by atoms with Crippen LogP contribution in [0.1, 0.15) is 45.4 Å². The first-order valence-electron chi connectivity index (χ1n) is 6.75. The fourth-order valence-corrected chi connectivity index (χ4v) is 2.46. The third kappa shape index (κ3) is 6.94. The summed E-state index contributed by atoms with van der Waals surface area (Å²) in [6.45, 7) is 3.53. The highest BCUT2D eigenvalue weighted by Gasteiger charge is 2.14. The predicted octanol–water partition coefficient (Wildman–Crippen LogP) is 2.17. The molecule has 1 aliphatic rings. The zero-order valence-corrected chi connectivity index (χ0v) is 11.9. The van der Waals surface area contributed by atoms with Gasteiger partial charge in [0.1, 0.15) is 0 Å². The number of carbonyl (C=O) groups excluding carboxylic acids is 1. The van der Waals surface area contributed by atoms with E-state index in [1.54, 1.807) is 0 Å². The van der Waals surface area contributed by atoms with E-state index in [2.05, 4.69) is 23.8 Å². The van der Waals surface area contributed by atoms with Gasteiger partial charge in [-0.3, -0.25) is 4.79 Å². The SMILES string of the molecule is CSC(C)CNCC(=O)NC1CCCCCC1. The second-order valence-electron chi connectivity index (χ2n) is 4.93. The van der Waals surface area contributed by atoms with Crippen LogP contribution in [0.15, 0.2) is 0 Å². The Bertz CT molecular complexity index is 215. The van der Waals surface area contributed by atoms with Crippen molar-refractivity contribution in [2.24, 2.45) is 0 Å². The van der Waals surface area contributed by atoms with Gasteiger partial charge in [-0.1, -0.05) is 32.6 Å². The van der Waals surface area contributed by atoms with Crippen molar-refractivity contribution >= 4 is 17.7 Å². The smallest absolute Gasteiger partial charge is 0.234 e. The summed E-state index contributed by atoms with van der Waals surface area (Å²) in [5.41, 5.74) is 0. The normalized spacial score (nSPS) is 19.6. The van der Waals surface area contributed by atoms with E-state index in [0.29, 0.717) is 17.8 Å². The molecule has 0 aromatic carbocycles. The number of amides is 1. The zero-order valence-electron chi connectivity index (χ0n) is 11.1. The van der Waals surface area contributed by atoms with Crippen LogP contribution in [0.25, 0.3) is 0 Å². The first-order chi connectivity index (χ1) is 8.22. The van der Waals surface area contributed by atoms with Gasteiger partial charge in [-0.05, 0) is 19.1 Å². The Morgan fingerprint density at radius 3 is 2.53 bits per heavy atom. The Kier molecular flexibility index (Phi) is 7.69. The predicted molar refractivity (Wildman–Crippen MR) is 75.5 cm³/mol. The maximum atomic E-state index is 11.7. The molecule has 1 fully saturated rings. The molecule has 1 atom stereocenters. The molecule has 0 saturated heterocycles. The molecule has 4 heteroatoms. The monoisotopic (exact) mass is 258 g/mol. The van der Waals surface area contributed by atoms with Gasteiger partial charge in [0.05, 0.1) is 6.54 Å². The molecule has 1 amide bonds. The Balaban J connectivity index is 2.10. The fourth-order valence-electron chi connectivity index (χ4n) is 2.17. The van der Waals surface area contributed by atoms with Crippen molar-refractivity contribution in [3.8, 4) is 0 Å². The van der Waals surface area contributed by atoms with E-state index in [4.69, 9.17) is 0 Å². The van der Waals surface area contributed by atoms with Crippen molar-refractivity contribution in [1.29, 1.82) is 0 Å². The highest BCUT2D eigenvalue weighted by atomic mass is 32.2. The van der Waals surface area contributed by atoms with Crippen molar-refractivity contribution in [3.63, 3.8) is 0 Å². The van der Waals surface area contributed by atoms with Crippen LogP contribution in [-0.4, -0.2) is 36.5 Å². The lowest BCUT2D eigenvalue weighted by Crippen LogP contribution is -2.41. The molecule has 0 spiro atoms. The molecule has 1 unspecified atom stereocenters. The average Bonchev–Trinajstić information content (AvgIpc) is 2.57. The molecule has 0 aromatic rings.